The number of unbranched alkanes of at least 4 members (excludes halogenated alkanes) is 1. The molecule has 2 aromatic carbocycles. The molecule has 3 rings (SSSR count). The van der Waals surface area contributed by atoms with Crippen LogP contribution in [0, 0.1) is 13.8 Å². The third-order valence-electron chi connectivity index (χ3n) is 7.57. The predicted molar refractivity (Wildman–Crippen MR) is 152 cm³/mol. The molecule has 9 heteroatoms. The molecule has 1 N–H and O–H groups in total. The van der Waals surface area contributed by atoms with Gasteiger partial charge in [0.1, 0.15) is 5.75 Å². The first-order valence-corrected chi connectivity index (χ1v) is 14.2. The van der Waals surface area contributed by atoms with Crippen LogP contribution in [0.1, 0.15) is 72.3 Å². The lowest BCUT2D eigenvalue weighted by atomic mass is 9.96. The molecule has 1 amide bonds. The van der Waals surface area contributed by atoms with E-state index in [1.807, 2.05) is 13.8 Å². The molecule has 1 atom stereocenters. The molecule has 40 heavy (non-hydrogen) atoms. The number of carbonyl (C=O) groups is 1. The van der Waals surface area contributed by atoms with E-state index in [1.54, 1.807) is 4.90 Å². The Bertz CT molecular complexity index is 1080. The van der Waals surface area contributed by atoms with Gasteiger partial charge in [-0.3, -0.25) is 9.69 Å². The molecule has 1 aliphatic heterocycles. The number of hydrogen-bond donors (Lipinski definition) is 1. The van der Waals surface area contributed by atoms with Gasteiger partial charge in [0, 0.05) is 44.3 Å². The lowest BCUT2D eigenvalue weighted by Crippen LogP contribution is -2.49. The van der Waals surface area contributed by atoms with Crippen LogP contribution in [0.3, 0.4) is 0 Å². The van der Waals surface area contributed by atoms with Crippen LogP contribution in [0.25, 0.3) is 0 Å². The Morgan fingerprint density at radius 2 is 1.57 bits per heavy atom. The summed E-state index contributed by atoms with van der Waals surface area (Å²) in [5.74, 6) is 0.684. The minimum absolute atomic E-state index is 0.168. The number of amides is 1. The van der Waals surface area contributed by atoms with E-state index >= 15 is 0 Å². The predicted octanol–water partition coefficient (Wildman–Crippen LogP) is 6.01. The molecular formula is C31H44F3N3O3. The maximum atomic E-state index is 12.9. The number of benzene rings is 2. The van der Waals surface area contributed by atoms with Crippen molar-refractivity contribution in [1.82, 2.24) is 15.1 Å². The second-order valence-corrected chi connectivity index (χ2v) is 10.7. The van der Waals surface area contributed by atoms with E-state index < -0.39 is 11.7 Å². The molecule has 0 aliphatic carbocycles. The van der Waals surface area contributed by atoms with Crippen LogP contribution in [0.2, 0.25) is 0 Å². The van der Waals surface area contributed by atoms with Crippen LogP contribution < -0.4 is 10.1 Å². The van der Waals surface area contributed by atoms with E-state index in [9.17, 15) is 18.0 Å². The molecule has 6 nitrogen and oxygen atoms in total. The maximum Gasteiger partial charge on any atom is 0.416 e. The average Bonchev–Trinajstić information content (AvgIpc) is 2.93. The topological polar surface area (TPSA) is 54.0 Å². The largest absolute Gasteiger partial charge is 0.493 e. The summed E-state index contributed by atoms with van der Waals surface area (Å²) in [5.41, 5.74) is 3.12. The third-order valence-corrected chi connectivity index (χ3v) is 7.57. The number of halogens is 3. The minimum Gasteiger partial charge on any atom is -0.493 e. The van der Waals surface area contributed by atoms with Crippen molar-refractivity contribution in [2.75, 3.05) is 52.5 Å². The number of hydrogen-bond acceptors (Lipinski definition) is 5. The van der Waals surface area contributed by atoms with E-state index in [1.165, 1.54) is 23.3 Å². The van der Waals surface area contributed by atoms with Gasteiger partial charge >= 0.3 is 6.18 Å². The number of piperazine rings is 1. The summed E-state index contributed by atoms with van der Waals surface area (Å²) in [7, 11) is 0. The van der Waals surface area contributed by atoms with Crippen LogP contribution in [0.5, 0.6) is 5.75 Å². The zero-order chi connectivity index (χ0) is 29.3. The van der Waals surface area contributed by atoms with Crippen molar-refractivity contribution in [3.05, 3.63) is 64.2 Å². The Hall–Kier alpha value is -2.62. The van der Waals surface area contributed by atoms with Crippen molar-refractivity contribution in [2.24, 2.45) is 0 Å². The van der Waals surface area contributed by atoms with Crippen LogP contribution in [-0.4, -0.2) is 74.3 Å². The molecule has 1 aliphatic rings. The summed E-state index contributed by atoms with van der Waals surface area (Å²) in [4.78, 5) is 16.9. The van der Waals surface area contributed by atoms with Gasteiger partial charge in [0.05, 0.1) is 24.9 Å². The van der Waals surface area contributed by atoms with Gasteiger partial charge in [-0.1, -0.05) is 6.07 Å². The third kappa shape index (κ3) is 8.94. The van der Waals surface area contributed by atoms with Crippen molar-refractivity contribution >= 4 is 5.91 Å². The van der Waals surface area contributed by atoms with Gasteiger partial charge in [0.25, 0.3) is 5.91 Å². The zero-order valence-electron chi connectivity index (χ0n) is 24.4. The van der Waals surface area contributed by atoms with Gasteiger partial charge in [0.2, 0.25) is 0 Å². The van der Waals surface area contributed by atoms with Crippen molar-refractivity contribution in [3.63, 3.8) is 0 Å². The van der Waals surface area contributed by atoms with Gasteiger partial charge in [-0.25, -0.2) is 0 Å². The maximum absolute atomic E-state index is 12.9. The molecule has 1 unspecified atom stereocenters. The molecule has 1 saturated heterocycles. The Morgan fingerprint density at radius 1 is 0.900 bits per heavy atom. The molecule has 1 heterocycles. The summed E-state index contributed by atoms with van der Waals surface area (Å²) in [6, 6.07) is 8.81. The van der Waals surface area contributed by atoms with Gasteiger partial charge in [0.15, 0.2) is 0 Å². The first kappa shape index (κ1) is 31.9. The molecule has 1 fully saturated rings. The fourth-order valence-corrected chi connectivity index (χ4v) is 4.95. The van der Waals surface area contributed by atoms with Gasteiger partial charge in [-0.15, -0.1) is 0 Å². The van der Waals surface area contributed by atoms with Gasteiger partial charge in [-0.05, 0) is 101 Å². The molecule has 0 bridgehead atoms. The van der Waals surface area contributed by atoms with E-state index in [4.69, 9.17) is 9.47 Å². The minimum atomic E-state index is -4.41. The molecule has 0 spiro atoms. The fourth-order valence-electron chi connectivity index (χ4n) is 4.95. The monoisotopic (exact) mass is 563 g/mol. The van der Waals surface area contributed by atoms with Gasteiger partial charge < -0.3 is 19.7 Å². The quantitative estimate of drug-likeness (QED) is 0.303. The van der Waals surface area contributed by atoms with Crippen LogP contribution in [0.15, 0.2) is 36.4 Å². The Kier molecular flexibility index (Phi) is 11.8. The molecule has 0 aromatic heterocycles. The smallest absolute Gasteiger partial charge is 0.416 e. The van der Waals surface area contributed by atoms with E-state index in [-0.39, 0.29) is 23.6 Å². The Labute approximate surface area is 236 Å². The summed E-state index contributed by atoms with van der Waals surface area (Å²) in [5, 5.41) is 3.39. The number of ether oxygens (including phenoxy) is 2. The summed E-state index contributed by atoms with van der Waals surface area (Å²) in [6.45, 7) is 16.1. The first-order valence-electron chi connectivity index (χ1n) is 14.2. The van der Waals surface area contributed by atoms with Gasteiger partial charge in [-0.2, -0.15) is 13.2 Å². The lowest BCUT2D eigenvalue weighted by molar-refractivity contribution is -0.137. The number of alkyl halides is 3. The fraction of sp³-hybridized carbons (Fsp3) is 0.581. The molecule has 0 saturated carbocycles. The number of carbonyl (C=O) groups excluding carboxylic acids is 1. The number of nitrogens with zero attached hydrogens (tertiary/aromatic N) is 2. The van der Waals surface area contributed by atoms with Crippen molar-refractivity contribution < 1.29 is 27.4 Å². The normalized spacial score (nSPS) is 15.5. The number of nitrogens with one attached hydrogen (secondary N) is 1. The van der Waals surface area contributed by atoms with Crippen molar-refractivity contribution in [3.8, 4) is 5.75 Å². The van der Waals surface area contributed by atoms with E-state index in [0.717, 1.165) is 56.0 Å². The Balaban J connectivity index is 1.45. The van der Waals surface area contributed by atoms with E-state index in [2.05, 4.69) is 43.1 Å². The number of rotatable bonds is 13. The summed E-state index contributed by atoms with van der Waals surface area (Å²) < 4.78 is 50.1. The second-order valence-electron chi connectivity index (χ2n) is 10.7. The van der Waals surface area contributed by atoms with Crippen molar-refractivity contribution in [2.45, 2.75) is 65.8 Å². The van der Waals surface area contributed by atoms with Crippen LogP contribution in [0.4, 0.5) is 13.2 Å². The highest BCUT2D eigenvalue weighted by molar-refractivity contribution is 5.94. The Morgan fingerprint density at radius 3 is 2.20 bits per heavy atom. The summed E-state index contributed by atoms with van der Waals surface area (Å²) in [6.07, 6.45) is -2.13. The second kappa shape index (κ2) is 14.8. The molecule has 222 valence electrons. The van der Waals surface area contributed by atoms with E-state index in [0.29, 0.717) is 32.8 Å². The zero-order valence-corrected chi connectivity index (χ0v) is 24.4. The van der Waals surface area contributed by atoms with Crippen LogP contribution in [-0.2, 0) is 10.9 Å². The SMILES string of the molecule is Cc1c(OCCCCNCCOC(C)C)ccc(C(C)N2CCN(C(=O)c3ccc(C(F)(F)F)cc3)CC2)c1C. The van der Waals surface area contributed by atoms with Crippen LogP contribution >= 0.6 is 0 Å². The first-order chi connectivity index (χ1) is 19.0. The molecule has 2 aromatic rings. The average molecular weight is 564 g/mol. The highest BCUT2D eigenvalue weighted by atomic mass is 19.4. The molecular weight excluding hydrogens is 519 g/mol. The lowest BCUT2D eigenvalue weighted by Gasteiger charge is -2.39. The highest BCUT2D eigenvalue weighted by Gasteiger charge is 2.31. The highest BCUT2D eigenvalue weighted by Crippen LogP contribution is 2.32. The summed E-state index contributed by atoms with van der Waals surface area (Å²) >= 11 is 0. The molecule has 0 radical (unpaired) electrons. The van der Waals surface area contributed by atoms with Crippen molar-refractivity contribution in [1.29, 1.82) is 0 Å². The standard InChI is InChI=1S/C31H44F3N3O3/c1-22(2)39-21-15-35-14-6-7-20-40-29-13-12-28(23(3)24(29)4)25(5)36-16-18-37(19-17-36)30(38)26-8-10-27(11-9-26)31(32,33)34/h8-13,22,25,35H,6-7,14-21H2,1-5H3.